The van der Waals surface area contributed by atoms with E-state index in [-0.39, 0.29) is 12.5 Å². The number of hydrogen-bond donors (Lipinski definition) is 1. The van der Waals surface area contributed by atoms with Crippen molar-refractivity contribution in [3.05, 3.63) is 6.04 Å². The molecule has 1 N–H and O–H groups in total. The molecule has 0 spiro atoms. The zero-order valence-corrected chi connectivity index (χ0v) is 7.78. The maximum atomic E-state index is 12.3. The van der Waals surface area contributed by atoms with E-state index in [4.69, 9.17) is 4.74 Å². The summed E-state index contributed by atoms with van der Waals surface area (Å²) >= 11 is 0. The lowest BCUT2D eigenvalue weighted by atomic mass is 10.2. The topological polar surface area (TPSA) is 38.3 Å². The molecule has 1 amide bonds. The van der Waals surface area contributed by atoms with Gasteiger partial charge in [0.25, 0.3) is 5.92 Å². The number of carbonyl (C=O) groups is 1. The second-order valence-electron chi connectivity index (χ2n) is 3.99. The molecule has 5 heteroatoms. The highest BCUT2D eigenvalue weighted by atomic mass is 19.3. The van der Waals surface area contributed by atoms with E-state index >= 15 is 0 Å². The largest absolute Gasteiger partial charge is 0.444 e. The van der Waals surface area contributed by atoms with E-state index in [9.17, 15) is 13.6 Å². The normalized spacial score (nSPS) is 21.0. The second kappa shape index (κ2) is 2.82. The van der Waals surface area contributed by atoms with Crippen LogP contribution < -0.4 is 5.32 Å². The summed E-state index contributed by atoms with van der Waals surface area (Å²) in [5.74, 6) is -2.82. The van der Waals surface area contributed by atoms with Gasteiger partial charge in [-0.15, -0.1) is 0 Å². The Morgan fingerprint density at radius 2 is 2.00 bits per heavy atom. The summed E-state index contributed by atoms with van der Waals surface area (Å²) in [6.07, 6.45) is -1.19. The molecule has 75 valence electrons. The van der Waals surface area contributed by atoms with Crippen LogP contribution in [0.1, 0.15) is 27.2 Å². The Morgan fingerprint density at radius 3 is 2.31 bits per heavy atom. The van der Waals surface area contributed by atoms with Gasteiger partial charge in [-0.2, -0.15) is 0 Å². The molecule has 1 radical (unpaired) electrons. The van der Waals surface area contributed by atoms with Crippen LogP contribution >= 0.6 is 0 Å². The fourth-order valence-electron chi connectivity index (χ4n) is 0.740. The van der Waals surface area contributed by atoms with Gasteiger partial charge in [0.1, 0.15) is 11.6 Å². The summed E-state index contributed by atoms with van der Waals surface area (Å²) in [6, 6.07) is -0.262. The highest BCUT2D eigenvalue weighted by Crippen LogP contribution is 2.48. The lowest BCUT2D eigenvalue weighted by Gasteiger charge is -2.19. The van der Waals surface area contributed by atoms with Crippen LogP contribution in [0, 0.1) is 6.04 Å². The van der Waals surface area contributed by atoms with Crippen LogP contribution in [0.5, 0.6) is 0 Å². The lowest BCUT2D eigenvalue weighted by Crippen LogP contribution is -2.32. The maximum absolute atomic E-state index is 12.3. The summed E-state index contributed by atoms with van der Waals surface area (Å²) in [7, 11) is 0. The van der Waals surface area contributed by atoms with Crippen LogP contribution in [0.3, 0.4) is 0 Å². The fourth-order valence-corrected chi connectivity index (χ4v) is 0.740. The van der Waals surface area contributed by atoms with Crippen molar-refractivity contribution in [2.75, 3.05) is 0 Å². The molecule has 1 rings (SSSR count). The SMILES string of the molecule is CC(C)(C)OC(=O)N[C]1CC1(F)F. The minimum atomic E-state index is -2.82. The van der Waals surface area contributed by atoms with Gasteiger partial charge in [-0.3, -0.25) is 0 Å². The zero-order chi connectivity index (χ0) is 10.3. The quantitative estimate of drug-likeness (QED) is 0.690. The summed E-state index contributed by atoms with van der Waals surface area (Å²) in [5.41, 5.74) is -0.658. The second-order valence-corrected chi connectivity index (χ2v) is 3.99. The number of carbonyl (C=O) groups excluding carboxylic acids is 1. The smallest absolute Gasteiger partial charge is 0.408 e. The molecule has 1 saturated carbocycles. The molecule has 0 aliphatic heterocycles. The molecule has 0 unspecified atom stereocenters. The van der Waals surface area contributed by atoms with E-state index < -0.39 is 17.6 Å². The van der Waals surface area contributed by atoms with Crippen LogP contribution in [-0.4, -0.2) is 17.6 Å². The lowest BCUT2D eigenvalue weighted by molar-refractivity contribution is 0.0509. The van der Waals surface area contributed by atoms with Crippen LogP contribution in [0.2, 0.25) is 0 Å². The number of ether oxygens (including phenoxy) is 1. The highest BCUT2D eigenvalue weighted by molar-refractivity contribution is 5.70. The molecule has 0 aromatic carbocycles. The van der Waals surface area contributed by atoms with Gasteiger partial charge in [0, 0.05) is 6.42 Å². The van der Waals surface area contributed by atoms with Crippen LogP contribution in [0.15, 0.2) is 0 Å². The van der Waals surface area contributed by atoms with Crippen molar-refractivity contribution in [2.45, 2.75) is 38.7 Å². The molecule has 1 fully saturated rings. The third-order valence-electron chi connectivity index (χ3n) is 1.37. The summed E-state index contributed by atoms with van der Waals surface area (Å²) in [5, 5.41) is 2.01. The van der Waals surface area contributed by atoms with Gasteiger partial charge in [0.15, 0.2) is 0 Å². The first-order valence-electron chi connectivity index (χ1n) is 3.95. The monoisotopic (exact) mass is 192 g/mol. The van der Waals surface area contributed by atoms with E-state index in [1.807, 2.05) is 5.32 Å². The van der Waals surface area contributed by atoms with Gasteiger partial charge < -0.3 is 10.1 Å². The van der Waals surface area contributed by atoms with Crippen molar-refractivity contribution in [1.29, 1.82) is 0 Å². The van der Waals surface area contributed by atoms with Crippen LogP contribution in [0.4, 0.5) is 13.6 Å². The number of rotatable bonds is 1. The Morgan fingerprint density at radius 1 is 1.54 bits per heavy atom. The minimum absolute atomic E-state index is 0.262. The Kier molecular flexibility index (Phi) is 2.21. The minimum Gasteiger partial charge on any atom is -0.444 e. The van der Waals surface area contributed by atoms with E-state index in [2.05, 4.69) is 0 Å². The molecule has 0 heterocycles. The van der Waals surface area contributed by atoms with Crippen molar-refractivity contribution in [2.24, 2.45) is 0 Å². The van der Waals surface area contributed by atoms with Crippen molar-refractivity contribution in [3.63, 3.8) is 0 Å². The zero-order valence-electron chi connectivity index (χ0n) is 7.78. The third kappa shape index (κ3) is 3.16. The molecule has 0 aromatic rings. The van der Waals surface area contributed by atoms with Crippen molar-refractivity contribution >= 4 is 6.09 Å². The molecule has 0 aromatic heterocycles. The number of alkyl carbamates (subject to hydrolysis) is 1. The third-order valence-corrected chi connectivity index (χ3v) is 1.37. The molecule has 0 bridgehead atoms. The number of nitrogens with one attached hydrogen (secondary N) is 1. The van der Waals surface area contributed by atoms with Gasteiger partial charge >= 0.3 is 6.09 Å². The van der Waals surface area contributed by atoms with E-state index in [1.165, 1.54) is 0 Å². The van der Waals surface area contributed by atoms with Crippen molar-refractivity contribution in [1.82, 2.24) is 5.32 Å². The molecular weight excluding hydrogens is 180 g/mol. The number of alkyl halides is 2. The predicted molar refractivity (Wildman–Crippen MR) is 42.2 cm³/mol. The van der Waals surface area contributed by atoms with Gasteiger partial charge in [0.05, 0.1) is 0 Å². The van der Waals surface area contributed by atoms with Crippen LogP contribution in [0.25, 0.3) is 0 Å². The molecule has 0 atom stereocenters. The first-order chi connectivity index (χ1) is 5.71. The Labute approximate surface area is 75.4 Å². The molecule has 1 aliphatic carbocycles. The molecule has 1 aliphatic rings. The number of hydrogen-bond acceptors (Lipinski definition) is 2. The standard InChI is InChI=1S/C8H12F2NO2/c1-7(2,3)13-6(12)11-5-4-8(5,9)10/h4H2,1-3H3,(H,11,12). The first kappa shape index (κ1) is 10.2. The average molecular weight is 192 g/mol. The average Bonchev–Trinajstić information content (AvgIpc) is 2.32. The Balaban J connectivity index is 2.28. The number of amides is 1. The summed E-state index contributed by atoms with van der Waals surface area (Å²) in [4.78, 5) is 10.9. The highest BCUT2D eigenvalue weighted by Gasteiger charge is 2.59. The summed E-state index contributed by atoms with van der Waals surface area (Å²) in [6.45, 7) is 5.01. The van der Waals surface area contributed by atoms with Gasteiger partial charge in [-0.05, 0) is 20.8 Å². The fraction of sp³-hybridized carbons (Fsp3) is 0.750. The van der Waals surface area contributed by atoms with Gasteiger partial charge in [-0.25, -0.2) is 13.6 Å². The van der Waals surface area contributed by atoms with Gasteiger partial charge in [0.2, 0.25) is 0 Å². The van der Waals surface area contributed by atoms with E-state index in [1.54, 1.807) is 20.8 Å². The van der Waals surface area contributed by atoms with E-state index in [0.717, 1.165) is 0 Å². The van der Waals surface area contributed by atoms with Crippen LogP contribution in [-0.2, 0) is 4.74 Å². The van der Waals surface area contributed by atoms with Gasteiger partial charge in [-0.1, -0.05) is 0 Å². The van der Waals surface area contributed by atoms with Crippen molar-refractivity contribution in [3.8, 4) is 0 Å². The Bertz CT molecular complexity index is 223. The number of halogens is 2. The maximum Gasteiger partial charge on any atom is 0.408 e. The molecule has 3 nitrogen and oxygen atoms in total. The van der Waals surface area contributed by atoms with Crippen molar-refractivity contribution < 1.29 is 18.3 Å². The Hall–Kier alpha value is -0.870. The molecule has 13 heavy (non-hydrogen) atoms. The predicted octanol–water partition coefficient (Wildman–Crippen LogP) is 2.08. The summed E-state index contributed by atoms with van der Waals surface area (Å²) < 4.78 is 29.3. The molecular formula is C8H12F2NO2. The van der Waals surface area contributed by atoms with E-state index in [0.29, 0.717) is 0 Å². The molecule has 0 saturated heterocycles. The first-order valence-corrected chi connectivity index (χ1v) is 3.95.